The lowest BCUT2D eigenvalue weighted by Crippen LogP contribution is -2.37. The molecule has 14 nitrogen and oxygen atoms in total. The second-order valence-electron chi connectivity index (χ2n) is 9.48. The number of nitrogens with zero attached hydrogens (tertiary/aromatic N) is 5. The van der Waals surface area contributed by atoms with Crippen molar-refractivity contribution in [1.29, 1.82) is 0 Å². The van der Waals surface area contributed by atoms with E-state index in [9.17, 15) is 44.1 Å². The minimum Gasteiger partial charge on any atom is -0.480 e. The smallest absolute Gasteiger partial charge is 0.323 e. The molecule has 2 aromatic heterocycles. The van der Waals surface area contributed by atoms with Crippen molar-refractivity contribution in [2.45, 2.75) is 18.0 Å². The lowest BCUT2D eigenvalue weighted by molar-refractivity contribution is -0.138. The van der Waals surface area contributed by atoms with E-state index in [0.29, 0.717) is 27.2 Å². The number of carboxylic acid groups (broad SMARTS) is 3. The van der Waals surface area contributed by atoms with Gasteiger partial charge in [-0.3, -0.25) is 47.7 Å². The van der Waals surface area contributed by atoms with Crippen LogP contribution < -0.4 is 25.2 Å². The van der Waals surface area contributed by atoms with Crippen LogP contribution in [0.4, 0.5) is 10.1 Å². The van der Waals surface area contributed by atoms with Crippen LogP contribution in [0.5, 0.6) is 0 Å². The molecule has 0 unspecified atom stereocenters. The first kappa shape index (κ1) is 31.8. The number of aliphatic carboxylic acids is 3. The van der Waals surface area contributed by atoms with Gasteiger partial charge in [0.2, 0.25) is 0 Å². The molecule has 5 rings (SSSR count). The third-order valence-corrected chi connectivity index (χ3v) is 10.7. The van der Waals surface area contributed by atoms with E-state index in [1.54, 1.807) is 36.2 Å². The molecule has 0 spiro atoms. The molecule has 3 N–H and O–H groups in total. The molecule has 0 atom stereocenters. The topological polar surface area (TPSA) is 183 Å². The number of halogens is 1. The number of aromatic nitrogens is 2. The number of carbonyl (C=O) groups is 4. The first-order valence-corrected chi connectivity index (χ1v) is 15.4. The first-order valence-electron chi connectivity index (χ1n) is 12.6. The highest BCUT2D eigenvalue weighted by molar-refractivity contribution is 8.03. The number of thioether (sulfide) groups is 1. The fourth-order valence-corrected chi connectivity index (χ4v) is 8.27. The summed E-state index contributed by atoms with van der Waals surface area (Å²) in [5.74, 6) is -5.92. The Bertz CT molecular complexity index is 2220. The number of allylic oxidation sites excluding steroid dienone is 1. The van der Waals surface area contributed by atoms with Gasteiger partial charge in [-0.1, -0.05) is 23.9 Å². The van der Waals surface area contributed by atoms with Crippen LogP contribution in [-0.4, -0.2) is 83.8 Å². The van der Waals surface area contributed by atoms with E-state index in [4.69, 9.17) is 12.2 Å². The van der Waals surface area contributed by atoms with E-state index in [1.165, 1.54) is 7.05 Å². The molecule has 234 valence electrons. The predicted octanol–water partition coefficient (Wildman–Crippen LogP) is 0.00208. The Morgan fingerprint density at radius 3 is 2.07 bits per heavy atom. The van der Waals surface area contributed by atoms with Crippen molar-refractivity contribution in [2.24, 2.45) is 0 Å². The molecular weight excluding hydrogens is 674 g/mol. The molecule has 2 aliphatic heterocycles. The molecule has 3 aromatic rings. The number of benzene rings is 1. The van der Waals surface area contributed by atoms with Crippen molar-refractivity contribution in [3.8, 4) is 0 Å². The Kier molecular flexibility index (Phi) is 8.53. The van der Waals surface area contributed by atoms with Crippen LogP contribution >= 0.6 is 46.7 Å². The second-order valence-corrected chi connectivity index (χ2v) is 12.9. The molecule has 1 aromatic carbocycles. The van der Waals surface area contributed by atoms with Gasteiger partial charge in [0.25, 0.3) is 17.0 Å². The zero-order valence-electron chi connectivity index (χ0n) is 23.0. The monoisotopic (exact) mass is 693 g/mol. The molecule has 45 heavy (non-hydrogen) atoms. The van der Waals surface area contributed by atoms with Crippen LogP contribution in [0, 0.1) is 9.20 Å². The summed E-state index contributed by atoms with van der Waals surface area (Å²) in [6.45, 7) is -2.67. The van der Waals surface area contributed by atoms with Gasteiger partial charge in [0.15, 0.2) is 10.9 Å². The zero-order valence-corrected chi connectivity index (χ0v) is 26.3. The van der Waals surface area contributed by atoms with Crippen LogP contribution in [0.2, 0.25) is 0 Å². The number of amides is 1. The largest absolute Gasteiger partial charge is 0.480 e. The SMILES string of the molecule is CN1C(=O)/C(=c2\s/c(=c3/sc(=C/C(F)=C4/Sc5ccccc5N4C)c(=O)n3CC(=O)O)c(=O)n2CC(=O)O)N(CC(=O)O)C1=S. The van der Waals surface area contributed by atoms with Crippen molar-refractivity contribution in [1.82, 2.24) is 18.9 Å². The molecule has 0 aliphatic carbocycles. The summed E-state index contributed by atoms with van der Waals surface area (Å²) in [4.78, 5) is 79.6. The van der Waals surface area contributed by atoms with Gasteiger partial charge in [0.05, 0.1) is 10.2 Å². The molecule has 4 heterocycles. The third kappa shape index (κ3) is 5.70. The van der Waals surface area contributed by atoms with E-state index in [2.05, 4.69) is 0 Å². The summed E-state index contributed by atoms with van der Waals surface area (Å²) in [6, 6.07) is 7.16. The lowest BCUT2D eigenvalue weighted by atomic mass is 10.3. The summed E-state index contributed by atoms with van der Waals surface area (Å²) in [5.41, 5.74) is -1.57. The fraction of sp³-hybridized carbons (Fsp3) is 0.192. The highest BCUT2D eigenvalue weighted by atomic mass is 32.2. The van der Waals surface area contributed by atoms with Crippen molar-refractivity contribution >= 4 is 93.0 Å². The molecule has 0 bridgehead atoms. The Hall–Kier alpha value is -4.59. The maximum atomic E-state index is 15.6. The number of carbonyl (C=O) groups excluding carboxylic acids is 1. The minimum absolute atomic E-state index is 0.173. The van der Waals surface area contributed by atoms with Gasteiger partial charge in [-0.25, -0.2) is 4.39 Å². The number of rotatable bonds is 7. The number of likely N-dealkylation sites (N-methyl/N-ethyl adjacent to an activating group) is 1. The van der Waals surface area contributed by atoms with Gasteiger partial charge < -0.3 is 20.2 Å². The summed E-state index contributed by atoms with van der Waals surface area (Å²) in [6.07, 6.45) is 0.932. The average Bonchev–Trinajstić information content (AvgIpc) is 3.63. The zero-order chi connectivity index (χ0) is 32.9. The van der Waals surface area contributed by atoms with Crippen LogP contribution in [0.25, 0.3) is 11.8 Å². The Morgan fingerprint density at radius 1 is 0.867 bits per heavy atom. The molecule has 0 saturated carbocycles. The Balaban J connectivity index is 1.86. The molecule has 1 fully saturated rings. The first-order chi connectivity index (χ1) is 21.2. The number of carboxylic acids is 3. The molecule has 2 aliphatic rings. The molecule has 19 heteroatoms. The lowest BCUT2D eigenvalue weighted by Gasteiger charge is -2.15. The van der Waals surface area contributed by atoms with Gasteiger partial charge >= 0.3 is 17.9 Å². The maximum absolute atomic E-state index is 15.6. The fourth-order valence-electron chi connectivity index (χ4n) is 4.58. The van der Waals surface area contributed by atoms with E-state index in [1.807, 2.05) is 0 Å². The van der Waals surface area contributed by atoms with E-state index in [0.717, 1.165) is 42.8 Å². The highest BCUT2D eigenvalue weighted by Gasteiger charge is 2.39. The van der Waals surface area contributed by atoms with Crippen LogP contribution in [-0.2, 0) is 32.3 Å². The van der Waals surface area contributed by atoms with Crippen molar-refractivity contribution in [3.63, 3.8) is 0 Å². The van der Waals surface area contributed by atoms with Gasteiger partial charge in [0, 0.05) is 19.0 Å². The van der Waals surface area contributed by atoms with Gasteiger partial charge in [0.1, 0.15) is 44.2 Å². The minimum atomic E-state index is -1.48. The number of anilines is 1. The number of thiocarbonyl (C=S) groups is 1. The number of para-hydroxylation sites is 1. The molecular formula is C26H20FN5O9S4. The summed E-state index contributed by atoms with van der Waals surface area (Å²) >= 11 is 7.48. The standard InChI is InChI=1S/C26H20FN5O9S4/c1-28-12-5-3-4-6-13(12)43-23(28)11(27)7-14-20(39)31(9-16(35)36)25(44-14)19-22(41)32(10-17(37)38)24(45-19)18-21(40)29(2)26(42)30(18)8-15(33)34/h3-7H,8-10H2,1-2H3,(H,33,34)(H,35,36)(H,37,38)/b14-7?,23-11-,24-18+,25-19+. The number of hydrogen-bond donors (Lipinski definition) is 3. The van der Waals surface area contributed by atoms with E-state index < -0.39 is 60.4 Å². The summed E-state index contributed by atoms with van der Waals surface area (Å²) in [5, 5.41) is 28.5. The van der Waals surface area contributed by atoms with Crippen LogP contribution in [0.3, 0.4) is 0 Å². The van der Waals surface area contributed by atoms with Crippen molar-refractivity contribution in [2.75, 3.05) is 25.5 Å². The Morgan fingerprint density at radius 2 is 1.47 bits per heavy atom. The number of fused-ring (bicyclic) bond motifs is 1. The average molecular weight is 694 g/mol. The maximum Gasteiger partial charge on any atom is 0.323 e. The molecule has 1 amide bonds. The van der Waals surface area contributed by atoms with Crippen molar-refractivity contribution in [3.05, 3.63) is 74.2 Å². The van der Waals surface area contributed by atoms with E-state index in [-0.39, 0.29) is 34.2 Å². The van der Waals surface area contributed by atoms with E-state index >= 15 is 4.39 Å². The predicted molar refractivity (Wildman–Crippen MR) is 166 cm³/mol. The normalized spacial score (nSPS) is 18.2. The second kappa shape index (κ2) is 12.1. The van der Waals surface area contributed by atoms with Crippen molar-refractivity contribution < 1.29 is 38.9 Å². The third-order valence-electron chi connectivity index (χ3n) is 6.56. The number of hydrogen-bond acceptors (Lipinski definition) is 11. The quantitative estimate of drug-likeness (QED) is 0.282. The highest BCUT2D eigenvalue weighted by Crippen LogP contribution is 2.46. The van der Waals surface area contributed by atoms with Gasteiger partial charge in [-0.15, -0.1) is 22.7 Å². The number of thiazole rings is 2. The molecule has 1 saturated heterocycles. The van der Waals surface area contributed by atoms with Crippen LogP contribution in [0.1, 0.15) is 0 Å². The van der Waals surface area contributed by atoms with Gasteiger partial charge in [-0.05, 0) is 30.4 Å². The summed E-state index contributed by atoms with van der Waals surface area (Å²) < 4.78 is 16.0. The van der Waals surface area contributed by atoms with Gasteiger partial charge in [-0.2, -0.15) is 0 Å². The summed E-state index contributed by atoms with van der Waals surface area (Å²) in [7, 11) is 2.91. The van der Waals surface area contributed by atoms with Crippen LogP contribution in [0.15, 0.2) is 49.6 Å². The Labute approximate surface area is 267 Å². The molecule has 0 radical (unpaired) electrons.